The lowest BCUT2D eigenvalue weighted by atomic mass is 10.1. The number of anilines is 1. The van der Waals surface area contributed by atoms with Crippen molar-refractivity contribution in [1.82, 2.24) is 4.98 Å². The monoisotopic (exact) mass is 302 g/mol. The van der Waals surface area contributed by atoms with Gasteiger partial charge in [0.1, 0.15) is 0 Å². The molecule has 0 saturated carbocycles. The molecule has 1 aromatic carbocycles. The molecule has 108 valence electrons. The highest BCUT2D eigenvalue weighted by Crippen LogP contribution is 2.23. The van der Waals surface area contributed by atoms with Crippen LogP contribution >= 0.6 is 11.3 Å². The summed E-state index contributed by atoms with van der Waals surface area (Å²) in [7, 11) is 0. The van der Waals surface area contributed by atoms with E-state index < -0.39 is 5.97 Å². The quantitative estimate of drug-likeness (QED) is 0.909. The van der Waals surface area contributed by atoms with Crippen molar-refractivity contribution in [3.63, 3.8) is 0 Å². The molecule has 2 N–H and O–H groups in total. The minimum absolute atomic E-state index is 0.134. The van der Waals surface area contributed by atoms with Crippen LogP contribution < -0.4 is 5.32 Å². The Kier molecular flexibility index (Phi) is 3.70. The van der Waals surface area contributed by atoms with Crippen molar-refractivity contribution >= 4 is 28.3 Å². The van der Waals surface area contributed by atoms with E-state index in [0.29, 0.717) is 16.4 Å². The molecule has 1 aliphatic rings. The number of aliphatic carboxylic acids is 1. The molecule has 0 aliphatic heterocycles. The predicted octanol–water partition coefficient (Wildman–Crippen LogP) is 2.51. The number of carbonyl (C=O) groups is 2. The van der Waals surface area contributed by atoms with E-state index in [1.165, 1.54) is 22.5 Å². The standard InChI is InChI=1S/C15H14N2O3S/c18-13(19)7-12-8-21-15(16-12)17-14(20)11-5-4-9-2-1-3-10(9)6-11/h4-6,8H,1-3,7H2,(H,18,19)(H,16,17,20). The fourth-order valence-corrected chi connectivity index (χ4v) is 3.19. The van der Waals surface area contributed by atoms with E-state index in [9.17, 15) is 9.59 Å². The fraction of sp³-hybridized carbons (Fsp3) is 0.267. The number of rotatable bonds is 4. The van der Waals surface area contributed by atoms with Gasteiger partial charge in [-0.1, -0.05) is 6.07 Å². The molecule has 0 bridgehead atoms. The van der Waals surface area contributed by atoms with Crippen LogP contribution in [0.1, 0.15) is 33.6 Å². The van der Waals surface area contributed by atoms with Crippen LogP contribution in [0.15, 0.2) is 23.6 Å². The maximum atomic E-state index is 12.2. The predicted molar refractivity (Wildman–Crippen MR) is 79.9 cm³/mol. The summed E-state index contributed by atoms with van der Waals surface area (Å²) in [4.78, 5) is 26.9. The summed E-state index contributed by atoms with van der Waals surface area (Å²) in [6, 6.07) is 5.77. The maximum Gasteiger partial charge on any atom is 0.309 e. The zero-order valence-corrected chi connectivity index (χ0v) is 12.1. The Morgan fingerprint density at radius 1 is 1.29 bits per heavy atom. The van der Waals surface area contributed by atoms with Gasteiger partial charge in [0.15, 0.2) is 5.13 Å². The number of nitrogens with zero attached hydrogens (tertiary/aromatic N) is 1. The number of carbonyl (C=O) groups excluding carboxylic acids is 1. The lowest BCUT2D eigenvalue weighted by molar-refractivity contribution is -0.136. The van der Waals surface area contributed by atoms with Crippen molar-refractivity contribution in [3.8, 4) is 0 Å². The molecular weight excluding hydrogens is 288 g/mol. The summed E-state index contributed by atoms with van der Waals surface area (Å²) in [5.41, 5.74) is 3.64. The number of hydrogen-bond donors (Lipinski definition) is 2. The van der Waals surface area contributed by atoms with Gasteiger partial charge in [-0.3, -0.25) is 14.9 Å². The Morgan fingerprint density at radius 2 is 2.10 bits per heavy atom. The number of carboxylic acid groups (broad SMARTS) is 1. The van der Waals surface area contributed by atoms with E-state index in [1.54, 1.807) is 5.38 Å². The van der Waals surface area contributed by atoms with Gasteiger partial charge in [0.05, 0.1) is 12.1 Å². The molecule has 1 heterocycles. The number of carboxylic acids is 1. The zero-order valence-electron chi connectivity index (χ0n) is 11.3. The highest BCUT2D eigenvalue weighted by molar-refractivity contribution is 7.14. The van der Waals surface area contributed by atoms with Crippen molar-refractivity contribution < 1.29 is 14.7 Å². The Morgan fingerprint density at radius 3 is 2.90 bits per heavy atom. The summed E-state index contributed by atoms with van der Waals surface area (Å²) in [6.07, 6.45) is 3.12. The number of benzene rings is 1. The lowest BCUT2D eigenvalue weighted by Crippen LogP contribution is -2.12. The molecular formula is C15H14N2O3S. The van der Waals surface area contributed by atoms with Gasteiger partial charge in [0, 0.05) is 10.9 Å². The first-order chi connectivity index (χ1) is 10.1. The van der Waals surface area contributed by atoms with Gasteiger partial charge in [-0.05, 0) is 42.5 Å². The summed E-state index contributed by atoms with van der Waals surface area (Å²) in [5, 5.41) is 13.5. The Labute approximate surface area is 125 Å². The molecule has 0 atom stereocenters. The number of aryl methyl sites for hydroxylation is 2. The third-order valence-electron chi connectivity index (χ3n) is 3.47. The zero-order chi connectivity index (χ0) is 14.8. The van der Waals surface area contributed by atoms with Crippen molar-refractivity contribution in [1.29, 1.82) is 0 Å². The second kappa shape index (κ2) is 5.65. The summed E-state index contributed by atoms with van der Waals surface area (Å²) < 4.78 is 0. The fourth-order valence-electron chi connectivity index (χ4n) is 2.48. The molecule has 0 fully saturated rings. The van der Waals surface area contributed by atoms with Crippen LogP contribution in [0.4, 0.5) is 5.13 Å². The van der Waals surface area contributed by atoms with E-state index in [1.807, 2.05) is 18.2 Å². The lowest BCUT2D eigenvalue weighted by Gasteiger charge is -2.04. The van der Waals surface area contributed by atoms with Crippen molar-refractivity contribution in [3.05, 3.63) is 46.0 Å². The van der Waals surface area contributed by atoms with Gasteiger partial charge in [-0.15, -0.1) is 11.3 Å². The third kappa shape index (κ3) is 3.11. The van der Waals surface area contributed by atoms with Gasteiger partial charge in [0.2, 0.25) is 0 Å². The second-order valence-electron chi connectivity index (χ2n) is 5.01. The Bertz CT molecular complexity index is 709. The number of amides is 1. The summed E-state index contributed by atoms with van der Waals surface area (Å²) >= 11 is 1.23. The molecule has 3 rings (SSSR count). The third-order valence-corrected chi connectivity index (χ3v) is 4.27. The van der Waals surface area contributed by atoms with Crippen LogP contribution in [0, 0.1) is 0 Å². The van der Waals surface area contributed by atoms with Gasteiger partial charge < -0.3 is 5.11 Å². The minimum Gasteiger partial charge on any atom is -0.481 e. The normalized spacial score (nSPS) is 13.0. The van der Waals surface area contributed by atoms with E-state index in [2.05, 4.69) is 10.3 Å². The number of aromatic nitrogens is 1. The smallest absolute Gasteiger partial charge is 0.309 e. The van der Waals surface area contributed by atoms with Crippen molar-refractivity contribution in [2.75, 3.05) is 5.32 Å². The highest BCUT2D eigenvalue weighted by atomic mass is 32.1. The summed E-state index contributed by atoms with van der Waals surface area (Å²) in [6.45, 7) is 0. The number of hydrogen-bond acceptors (Lipinski definition) is 4. The first-order valence-electron chi connectivity index (χ1n) is 6.71. The molecule has 0 saturated heterocycles. The Hall–Kier alpha value is -2.21. The van der Waals surface area contributed by atoms with Crippen molar-refractivity contribution in [2.45, 2.75) is 25.7 Å². The molecule has 1 aromatic heterocycles. The topological polar surface area (TPSA) is 79.3 Å². The van der Waals surface area contributed by atoms with E-state index in [4.69, 9.17) is 5.11 Å². The van der Waals surface area contributed by atoms with E-state index >= 15 is 0 Å². The van der Waals surface area contributed by atoms with Gasteiger partial charge in [0.25, 0.3) is 5.91 Å². The molecule has 0 spiro atoms. The number of nitrogens with one attached hydrogen (secondary N) is 1. The molecule has 21 heavy (non-hydrogen) atoms. The molecule has 5 nitrogen and oxygen atoms in total. The van der Waals surface area contributed by atoms with Crippen molar-refractivity contribution in [2.24, 2.45) is 0 Å². The molecule has 1 aliphatic carbocycles. The van der Waals surface area contributed by atoms with Crippen LogP contribution in [0.3, 0.4) is 0 Å². The molecule has 1 amide bonds. The highest BCUT2D eigenvalue weighted by Gasteiger charge is 2.15. The van der Waals surface area contributed by atoms with E-state index in [0.717, 1.165) is 19.3 Å². The number of thiazole rings is 1. The number of fused-ring (bicyclic) bond motifs is 1. The van der Waals surface area contributed by atoms with Crippen LogP contribution in [0.5, 0.6) is 0 Å². The largest absolute Gasteiger partial charge is 0.481 e. The molecule has 0 radical (unpaired) electrons. The van der Waals surface area contributed by atoms with E-state index in [-0.39, 0.29) is 12.3 Å². The van der Waals surface area contributed by atoms with Crippen LogP contribution in [0.25, 0.3) is 0 Å². The average Bonchev–Trinajstić information content (AvgIpc) is 3.06. The first-order valence-corrected chi connectivity index (χ1v) is 7.59. The Balaban J connectivity index is 1.71. The molecule has 2 aromatic rings. The maximum absolute atomic E-state index is 12.2. The van der Waals surface area contributed by atoms with Gasteiger partial charge in [-0.2, -0.15) is 0 Å². The SMILES string of the molecule is O=C(O)Cc1csc(NC(=O)c2ccc3c(c2)CCC3)n1. The average molecular weight is 302 g/mol. The summed E-state index contributed by atoms with van der Waals surface area (Å²) in [5.74, 6) is -1.14. The molecule has 6 heteroatoms. The minimum atomic E-state index is -0.934. The van der Waals surface area contributed by atoms with Gasteiger partial charge in [-0.25, -0.2) is 4.98 Å². The van der Waals surface area contributed by atoms with Crippen LogP contribution in [-0.2, 0) is 24.1 Å². The second-order valence-corrected chi connectivity index (χ2v) is 5.86. The van der Waals surface area contributed by atoms with Crippen LogP contribution in [0.2, 0.25) is 0 Å². The van der Waals surface area contributed by atoms with Crippen LogP contribution in [-0.4, -0.2) is 22.0 Å². The molecule has 0 unspecified atom stereocenters. The first kappa shape index (κ1) is 13.8. The van der Waals surface area contributed by atoms with Gasteiger partial charge >= 0.3 is 5.97 Å².